The van der Waals surface area contributed by atoms with E-state index in [1.165, 1.54) is 23.1 Å². The number of sulfonamides is 1. The Kier molecular flexibility index (Phi) is 10.3. The molecule has 0 spiro atoms. The van der Waals surface area contributed by atoms with Gasteiger partial charge in [0.05, 0.1) is 17.7 Å². The van der Waals surface area contributed by atoms with Gasteiger partial charge in [-0.3, -0.25) is 13.9 Å². The van der Waals surface area contributed by atoms with Crippen LogP contribution in [0.3, 0.4) is 0 Å². The highest BCUT2D eigenvalue weighted by molar-refractivity contribution is 7.92. The van der Waals surface area contributed by atoms with Gasteiger partial charge in [0.25, 0.3) is 10.0 Å². The number of halogens is 1. The molecular formula is C31H36ClN3O5S. The van der Waals surface area contributed by atoms with Crippen LogP contribution in [-0.2, 0) is 26.2 Å². The van der Waals surface area contributed by atoms with Gasteiger partial charge >= 0.3 is 0 Å². The summed E-state index contributed by atoms with van der Waals surface area (Å²) in [6, 6.07) is 20.7. The number of carbonyl (C=O) groups is 2. The molecule has 0 aromatic heterocycles. The topological polar surface area (TPSA) is 96.0 Å². The average molecular weight is 598 g/mol. The lowest BCUT2D eigenvalue weighted by Gasteiger charge is -2.33. The Hall–Kier alpha value is -3.56. The van der Waals surface area contributed by atoms with Crippen molar-refractivity contribution in [2.75, 3.05) is 18.0 Å². The molecule has 0 radical (unpaired) electrons. The van der Waals surface area contributed by atoms with E-state index in [1.54, 1.807) is 62.6 Å². The predicted molar refractivity (Wildman–Crippen MR) is 160 cm³/mol. The van der Waals surface area contributed by atoms with Crippen molar-refractivity contribution in [3.05, 3.63) is 89.4 Å². The highest BCUT2D eigenvalue weighted by Gasteiger charge is 2.33. The smallest absolute Gasteiger partial charge is 0.264 e. The Balaban J connectivity index is 1.67. The fourth-order valence-corrected chi connectivity index (χ4v) is 6.61. The molecule has 2 amide bonds. The molecule has 3 aromatic rings. The third-order valence-corrected chi connectivity index (χ3v) is 9.34. The number of benzene rings is 3. The van der Waals surface area contributed by atoms with Crippen LogP contribution in [0.1, 0.15) is 44.6 Å². The maximum absolute atomic E-state index is 14.1. The number of rotatable bonds is 11. The lowest BCUT2D eigenvalue weighted by Crippen LogP contribution is -2.53. The van der Waals surface area contributed by atoms with Gasteiger partial charge in [0.1, 0.15) is 18.3 Å². The van der Waals surface area contributed by atoms with Crippen LogP contribution < -0.4 is 14.4 Å². The SMILES string of the molecule is COc1cccc(CN(C(=O)CN(c2cccc(Cl)c2)S(=O)(=O)c2ccccc2)C(C)C(=O)NC2CCCCC2)c1. The summed E-state index contributed by atoms with van der Waals surface area (Å²) >= 11 is 6.22. The van der Waals surface area contributed by atoms with Crippen molar-refractivity contribution in [2.24, 2.45) is 0 Å². The van der Waals surface area contributed by atoms with Gasteiger partial charge in [0, 0.05) is 17.6 Å². The number of carbonyl (C=O) groups excluding carboxylic acids is 2. The summed E-state index contributed by atoms with van der Waals surface area (Å²) in [5.41, 5.74) is 0.991. The van der Waals surface area contributed by atoms with Crippen LogP contribution in [0.4, 0.5) is 5.69 Å². The Morgan fingerprint density at radius 3 is 2.37 bits per heavy atom. The maximum atomic E-state index is 14.1. The Labute approximate surface area is 247 Å². The Bertz CT molecular complexity index is 1440. The molecule has 0 aliphatic heterocycles. The average Bonchev–Trinajstić information content (AvgIpc) is 2.99. The van der Waals surface area contributed by atoms with Crippen LogP contribution >= 0.6 is 11.6 Å². The number of nitrogens with zero attached hydrogens (tertiary/aromatic N) is 2. The van der Waals surface area contributed by atoms with Crippen molar-refractivity contribution in [3.63, 3.8) is 0 Å². The van der Waals surface area contributed by atoms with E-state index >= 15 is 0 Å². The predicted octanol–water partition coefficient (Wildman–Crippen LogP) is 5.41. The molecule has 218 valence electrons. The summed E-state index contributed by atoms with van der Waals surface area (Å²) in [6.07, 6.45) is 5.06. The molecule has 1 N–H and O–H groups in total. The number of amides is 2. The molecule has 1 unspecified atom stereocenters. The van der Waals surface area contributed by atoms with Gasteiger partial charge in [-0.15, -0.1) is 0 Å². The first-order chi connectivity index (χ1) is 19.7. The molecule has 3 aromatic carbocycles. The second-order valence-corrected chi connectivity index (χ2v) is 12.5. The number of nitrogens with one attached hydrogen (secondary N) is 1. The number of hydrogen-bond donors (Lipinski definition) is 1. The molecule has 0 bridgehead atoms. The number of methoxy groups -OCH3 is 1. The summed E-state index contributed by atoms with van der Waals surface area (Å²) in [7, 11) is -2.59. The molecule has 1 aliphatic rings. The lowest BCUT2D eigenvalue weighted by atomic mass is 9.95. The van der Waals surface area contributed by atoms with Crippen molar-refractivity contribution in [2.45, 2.75) is 62.6 Å². The summed E-state index contributed by atoms with van der Waals surface area (Å²) < 4.78 is 34.0. The quantitative estimate of drug-likeness (QED) is 0.319. The van der Waals surface area contributed by atoms with Gasteiger partial charge in [-0.1, -0.05) is 67.3 Å². The minimum Gasteiger partial charge on any atom is -0.497 e. The van der Waals surface area contributed by atoms with E-state index < -0.39 is 28.5 Å². The van der Waals surface area contributed by atoms with E-state index in [1.807, 2.05) is 12.1 Å². The van der Waals surface area contributed by atoms with Crippen molar-refractivity contribution in [3.8, 4) is 5.75 Å². The monoisotopic (exact) mass is 597 g/mol. The molecule has 4 rings (SSSR count). The molecule has 10 heteroatoms. The molecule has 41 heavy (non-hydrogen) atoms. The van der Waals surface area contributed by atoms with E-state index in [0.717, 1.165) is 42.0 Å². The minimum absolute atomic E-state index is 0.0372. The molecule has 1 atom stereocenters. The summed E-state index contributed by atoms with van der Waals surface area (Å²) in [5, 5.41) is 3.43. The van der Waals surface area contributed by atoms with Gasteiger partial charge in [-0.2, -0.15) is 0 Å². The normalized spacial score (nSPS) is 14.6. The zero-order valence-electron chi connectivity index (χ0n) is 23.3. The lowest BCUT2D eigenvalue weighted by molar-refractivity contribution is -0.139. The van der Waals surface area contributed by atoms with E-state index in [-0.39, 0.29) is 29.1 Å². The zero-order chi connectivity index (χ0) is 29.4. The number of hydrogen-bond acceptors (Lipinski definition) is 5. The first-order valence-corrected chi connectivity index (χ1v) is 15.6. The van der Waals surface area contributed by atoms with Crippen LogP contribution in [0.25, 0.3) is 0 Å². The van der Waals surface area contributed by atoms with E-state index in [4.69, 9.17) is 16.3 Å². The molecule has 1 saturated carbocycles. The van der Waals surface area contributed by atoms with Crippen LogP contribution in [-0.4, -0.2) is 50.9 Å². The Morgan fingerprint density at radius 1 is 0.976 bits per heavy atom. The number of anilines is 1. The van der Waals surface area contributed by atoms with E-state index in [0.29, 0.717) is 10.8 Å². The summed E-state index contributed by atoms with van der Waals surface area (Å²) in [5.74, 6) is -0.187. The fraction of sp³-hybridized carbons (Fsp3) is 0.355. The third-order valence-electron chi connectivity index (χ3n) is 7.31. The van der Waals surface area contributed by atoms with Gasteiger partial charge in [0.2, 0.25) is 11.8 Å². The molecule has 8 nitrogen and oxygen atoms in total. The van der Waals surface area contributed by atoms with Crippen LogP contribution in [0.2, 0.25) is 5.02 Å². The fourth-order valence-electron chi connectivity index (χ4n) is 5.00. The second-order valence-electron chi connectivity index (χ2n) is 10.2. The van der Waals surface area contributed by atoms with Gasteiger partial charge in [-0.25, -0.2) is 8.42 Å². The van der Waals surface area contributed by atoms with Crippen LogP contribution in [0.15, 0.2) is 83.8 Å². The standard InChI is InChI=1S/C31H36ClN3O5S/c1-23(31(37)33-26-13-5-3-6-14-26)34(21-24-11-9-16-28(19-24)40-2)30(36)22-35(27-15-10-12-25(32)20-27)41(38,39)29-17-7-4-8-18-29/h4,7-12,15-20,23,26H,3,5-6,13-14,21-22H2,1-2H3,(H,33,37). The van der Waals surface area contributed by atoms with Crippen molar-refractivity contribution < 1.29 is 22.7 Å². The Morgan fingerprint density at radius 2 is 1.68 bits per heavy atom. The van der Waals surface area contributed by atoms with Crippen molar-refractivity contribution >= 4 is 39.1 Å². The molecule has 0 saturated heterocycles. The first kappa shape index (κ1) is 30.4. The molecule has 1 aliphatic carbocycles. The second kappa shape index (κ2) is 13.9. The van der Waals surface area contributed by atoms with Gasteiger partial charge in [-0.05, 0) is 67.8 Å². The van der Waals surface area contributed by atoms with Gasteiger partial charge in [0.15, 0.2) is 0 Å². The summed E-state index contributed by atoms with van der Waals surface area (Å²) in [6.45, 7) is 1.23. The minimum atomic E-state index is -4.14. The molecule has 1 fully saturated rings. The van der Waals surface area contributed by atoms with E-state index in [9.17, 15) is 18.0 Å². The van der Waals surface area contributed by atoms with E-state index in [2.05, 4.69) is 5.32 Å². The van der Waals surface area contributed by atoms with Crippen molar-refractivity contribution in [1.82, 2.24) is 10.2 Å². The van der Waals surface area contributed by atoms with Gasteiger partial charge < -0.3 is 15.0 Å². The largest absolute Gasteiger partial charge is 0.497 e. The summed E-state index contributed by atoms with van der Waals surface area (Å²) in [4.78, 5) is 28.9. The maximum Gasteiger partial charge on any atom is 0.264 e. The molecule has 0 heterocycles. The van der Waals surface area contributed by atoms with Crippen LogP contribution in [0.5, 0.6) is 5.75 Å². The highest BCUT2D eigenvalue weighted by Crippen LogP contribution is 2.27. The first-order valence-electron chi connectivity index (χ1n) is 13.7. The third kappa shape index (κ3) is 7.80. The molecular weight excluding hydrogens is 562 g/mol. The van der Waals surface area contributed by atoms with Crippen LogP contribution in [0, 0.1) is 0 Å². The zero-order valence-corrected chi connectivity index (χ0v) is 24.9. The number of ether oxygens (including phenoxy) is 1. The highest BCUT2D eigenvalue weighted by atomic mass is 35.5. The van der Waals surface area contributed by atoms with Crippen molar-refractivity contribution in [1.29, 1.82) is 0 Å².